The van der Waals surface area contributed by atoms with Crippen molar-refractivity contribution in [3.8, 4) is 0 Å². The van der Waals surface area contributed by atoms with E-state index in [-0.39, 0.29) is 18.8 Å². The lowest BCUT2D eigenvalue weighted by Crippen LogP contribution is -2.46. The summed E-state index contributed by atoms with van der Waals surface area (Å²) in [6, 6.07) is -1.56. The van der Waals surface area contributed by atoms with E-state index in [4.69, 9.17) is 11.5 Å². The average Bonchev–Trinajstić information content (AvgIpc) is 2.72. The molecule has 0 aromatic rings. The predicted octanol–water partition coefficient (Wildman–Crippen LogP) is -0.990. The fraction of sp³-hybridized carbons (Fsp3) is 0.750. The number of aliphatic imine (C=N–C) groups is 1. The summed E-state index contributed by atoms with van der Waals surface area (Å²) in [6.45, 7) is 0.464. The maximum absolute atomic E-state index is 12.2. The summed E-state index contributed by atoms with van der Waals surface area (Å²) in [7, 11) is 0. The number of ether oxygens (including phenoxy) is 1. The van der Waals surface area contributed by atoms with Gasteiger partial charge in [-0.25, -0.2) is 9.79 Å². The Kier molecular flexibility index (Phi) is 6.19. The summed E-state index contributed by atoms with van der Waals surface area (Å²) in [5.41, 5.74) is 10.6. The Labute approximate surface area is 130 Å². The molecule has 6 N–H and O–H groups in total. The number of hydrogen-bond donors (Lipinski definition) is 4. The summed E-state index contributed by atoms with van der Waals surface area (Å²) in [5, 5.41) is 12.1. The van der Waals surface area contributed by atoms with Gasteiger partial charge in [-0.2, -0.15) is 13.2 Å². The van der Waals surface area contributed by atoms with Crippen LogP contribution < -0.4 is 16.8 Å². The molecule has 8 nitrogen and oxygen atoms in total. The molecule has 0 aromatic carbocycles. The van der Waals surface area contributed by atoms with Crippen molar-refractivity contribution in [2.75, 3.05) is 6.61 Å². The number of nitrogens with one attached hydrogen (secondary N) is 1. The number of amides is 1. The van der Waals surface area contributed by atoms with Crippen LogP contribution in [0, 0.1) is 5.92 Å². The monoisotopic (exact) mass is 340 g/mol. The minimum atomic E-state index is -5.13. The number of carbonyl (C=O) groups is 2. The Morgan fingerprint density at radius 2 is 2.00 bits per heavy atom. The van der Waals surface area contributed by atoms with Gasteiger partial charge in [-0.15, -0.1) is 0 Å². The quantitative estimate of drug-likeness (QED) is 0.288. The Balaban J connectivity index is 2.85. The van der Waals surface area contributed by atoms with Crippen LogP contribution in [0.25, 0.3) is 0 Å². The minimum absolute atomic E-state index is 0.149. The molecule has 23 heavy (non-hydrogen) atoms. The summed E-state index contributed by atoms with van der Waals surface area (Å²) in [5.74, 6) is -3.70. The zero-order valence-corrected chi connectivity index (χ0v) is 12.3. The number of aliphatic hydroxyl groups is 1. The molecule has 0 aliphatic heterocycles. The van der Waals surface area contributed by atoms with Gasteiger partial charge in [0.15, 0.2) is 5.96 Å². The first-order valence-electron chi connectivity index (χ1n) is 6.78. The molecule has 1 saturated carbocycles. The molecule has 1 amide bonds. The molecule has 0 spiro atoms. The molecule has 1 fully saturated rings. The summed E-state index contributed by atoms with van der Waals surface area (Å²) >= 11 is 0. The summed E-state index contributed by atoms with van der Waals surface area (Å²) in [4.78, 5) is 26.0. The average molecular weight is 340 g/mol. The number of alkyl halides is 3. The molecule has 0 aromatic heterocycles. The third-order valence-electron chi connectivity index (χ3n) is 3.40. The lowest BCUT2D eigenvalue weighted by molar-refractivity contribution is -0.200. The van der Waals surface area contributed by atoms with Crippen LogP contribution in [0.1, 0.15) is 19.8 Å². The van der Waals surface area contributed by atoms with Gasteiger partial charge < -0.3 is 26.6 Å². The third-order valence-corrected chi connectivity index (χ3v) is 3.40. The van der Waals surface area contributed by atoms with Gasteiger partial charge in [-0.1, -0.05) is 0 Å². The van der Waals surface area contributed by atoms with Crippen molar-refractivity contribution in [2.45, 2.75) is 44.1 Å². The maximum Gasteiger partial charge on any atom is 0.490 e. The van der Waals surface area contributed by atoms with Crippen LogP contribution in [-0.2, 0) is 14.3 Å². The van der Waals surface area contributed by atoms with Gasteiger partial charge in [0.25, 0.3) is 0 Å². The first-order chi connectivity index (χ1) is 10.5. The van der Waals surface area contributed by atoms with Crippen molar-refractivity contribution in [3.63, 3.8) is 0 Å². The van der Waals surface area contributed by atoms with Crippen LogP contribution in [0.4, 0.5) is 13.2 Å². The molecule has 1 aliphatic rings. The first-order valence-corrected chi connectivity index (χ1v) is 6.78. The van der Waals surface area contributed by atoms with E-state index >= 15 is 0 Å². The van der Waals surface area contributed by atoms with E-state index in [1.807, 2.05) is 0 Å². The van der Waals surface area contributed by atoms with Gasteiger partial charge in [0.2, 0.25) is 5.91 Å². The van der Waals surface area contributed by atoms with Gasteiger partial charge in [-0.05, 0) is 12.8 Å². The number of rotatable bonds is 5. The lowest BCUT2D eigenvalue weighted by atomic mass is 9.94. The normalized spacial score (nSPS) is 25.5. The molecule has 0 bridgehead atoms. The zero-order chi connectivity index (χ0) is 17.8. The second kappa shape index (κ2) is 7.49. The third kappa shape index (κ3) is 5.93. The van der Waals surface area contributed by atoms with Gasteiger partial charge in [0.05, 0.1) is 18.2 Å². The van der Waals surface area contributed by atoms with Crippen molar-refractivity contribution in [2.24, 2.45) is 22.4 Å². The van der Waals surface area contributed by atoms with Crippen molar-refractivity contribution < 1.29 is 32.6 Å². The number of hydrogen-bond acceptors (Lipinski definition) is 5. The highest BCUT2D eigenvalue weighted by atomic mass is 19.4. The van der Waals surface area contributed by atoms with E-state index in [1.54, 1.807) is 0 Å². The highest BCUT2D eigenvalue weighted by Crippen LogP contribution is 2.32. The van der Waals surface area contributed by atoms with Gasteiger partial charge in [0.1, 0.15) is 6.61 Å². The standard InChI is InChI=1S/C12H19F3N4O4/c1-5(20)18-9(4-23-10(22)12(13,14)15)7-2-6(21)3-8(7)19-11(16)17/h6-9,21H,2-4H2,1H3,(H,18,20)(H4,16,17,19)/t6-,7-,8-,9?/m1/s1. The van der Waals surface area contributed by atoms with E-state index < -0.39 is 48.8 Å². The Hall–Kier alpha value is -2.04. The first kappa shape index (κ1) is 19.0. The molecule has 132 valence electrons. The van der Waals surface area contributed by atoms with Gasteiger partial charge in [0, 0.05) is 12.8 Å². The van der Waals surface area contributed by atoms with E-state index in [2.05, 4.69) is 15.0 Å². The van der Waals surface area contributed by atoms with Crippen molar-refractivity contribution in [3.05, 3.63) is 0 Å². The zero-order valence-electron chi connectivity index (χ0n) is 12.3. The smallest absolute Gasteiger partial charge is 0.457 e. The van der Waals surface area contributed by atoms with Crippen LogP contribution >= 0.6 is 0 Å². The lowest BCUT2D eigenvalue weighted by Gasteiger charge is -2.27. The number of halogens is 3. The topological polar surface area (TPSA) is 140 Å². The van der Waals surface area contributed by atoms with Crippen molar-refractivity contribution >= 4 is 17.8 Å². The Morgan fingerprint density at radius 1 is 1.39 bits per heavy atom. The number of esters is 1. The molecule has 11 heteroatoms. The molecule has 1 rings (SSSR count). The second-order valence-corrected chi connectivity index (χ2v) is 5.31. The fourth-order valence-corrected chi connectivity index (χ4v) is 2.57. The largest absolute Gasteiger partial charge is 0.490 e. The van der Waals surface area contributed by atoms with Crippen LogP contribution in [0.3, 0.4) is 0 Å². The number of guanidine groups is 1. The van der Waals surface area contributed by atoms with Gasteiger partial charge in [-0.3, -0.25) is 4.79 Å². The van der Waals surface area contributed by atoms with Crippen LogP contribution in [0.15, 0.2) is 4.99 Å². The van der Waals surface area contributed by atoms with Crippen LogP contribution in [0.5, 0.6) is 0 Å². The molecule has 0 saturated heterocycles. The fourth-order valence-electron chi connectivity index (χ4n) is 2.57. The highest BCUT2D eigenvalue weighted by molar-refractivity contribution is 5.76. The molecular weight excluding hydrogens is 321 g/mol. The second-order valence-electron chi connectivity index (χ2n) is 5.31. The molecule has 1 aliphatic carbocycles. The molecule has 0 radical (unpaired) electrons. The summed E-state index contributed by atoms with van der Waals surface area (Å²) in [6.07, 6.45) is -5.57. The number of carbonyl (C=O) groups excluding carboxylic acids is 2. The van der Waals surface area contributed by atoms with Crippen LogP contribution in [-0.4, -0.2) is 53.9 Å². The number of nitrogens with zero attached hydrogens (tertiary/aromatic N) is 1. The van der Waals surface area contributed by atoms with E-state index in [0.717, 1.165) is 0 Å². The van der Waals surface area contributed by atoms with Gasteiger partial charge >= 0.3 is 12.1 Å². The minimum Gasteiger partial charge on any atom is -0.457 e. The van der Waals surface area contributed by atoms with Crippen molar-refractivity contribution in [1.29, 1.82) is 0 Å². The van der Waals surface area contributed by atoms with E-state index in [0.29, 0.717) is 0 Å². The van der Waals surface area contributed by atoms with Crippen LogP contribution in [0.2, 0.25) is 0 Å². The predicted molar refractivity (Wildman–Crippen MR) is 72.9 cm³/mol. The highest BCUT2D eigenvalue weighted by Gasteiger charge is 2.43. The van der Waals surface area contributed by atoms with E-state index in [9.17, 15) is 27.9 Å². The Morgan fingerprint density at radius 3 is 2.48 bits per heavy atom. The SMILES string of the molecule is CC(=O)NC(COC(=O)C(F)(F)F)[C@@H]1C[C@@H](O)C[C@H]1N=C(N)N. The molecule has 0 heterocycles. The molecule has 1 unspecified atom stereocenters. The molecule has 4 atom stereocenters. The number of aliphatic hydroxyl groups excluding tert-OH is 1. The maximum atomic E-state index is 12.2. The number of nitrogens with two attached hydrogens (primary N) is 2. The van der Waals surface area contributed by atoms with Crippen molar-refractivity contribution in [1.82, 2.24) is 5.32 Å². The summed E-state index contributed by atoms with van der Waals surface area (Å²) < 4.78 is 40.8. The van der Waals surface area contributed by atoms with E-state index in [1.165, 1.54) is 6.92 Å². The molecular formula is C12H19F3N4O4. The Bertz CT molecular complexity index is 479.